The average molecular weight is 578 g/mol. The molecule has 4 rings (SSSR count). The van der Waals surface area contributed by atoms with Crippen LogP contribution in [0, 0.1) is 0 Å². The molecule has 0 saturated carbocycles. The molecule has 2 amide bonds. The summed E-state index contributed by atoms with van der Waals surface area (Å²) < 4.78 is 11.7. The molecule has 0 aliphatic carbocycles. The molecule has 0 radical (unpaired) electrons. The van der Waals surface area contributed by atoms with E-state index in [1.807, 2.05) is 18.2 Å². The minimum Gasteiger partial charge on any atom is -0.492 e. The van der Waals surface area contributed by atoms with E-state index in [1.54, 1.807) is 60.9 Å². The SMILES string of the molecule is O=C(NCc1ccco1)c1ccc(NC(=S)NC(=O)c2ccc(OCCc3ccccc3)c(Br)c2)cc1. The van der Waals surface area contributed by atoms with Gasteiger partial charge in [-0.05, 0) is 88.3 Å². The molecule has 0 saturated heterocycles. The molecule has 9 heteroatoms. The second-order valence-electron chi connectivity index (χ2n) is 7.98. The Kier molecular flexibility index (Phi) is 9.07. The number of hydrogen-bond acceptors (Lipinski definition) is 5. The van der Waals surface area contributed by atoms with E-state index in [0.717, 1.165) is 6.42 Å². The summed E-state index contributed by atoms with van der Waals surface area (Å²) >= 11 is 8.75. The predicted molar refractivity (Wildman–Crippen MR) is 150 cm³/mol. The third kappa shape index (κ3) is 7.77. The topological polar surface area (TPSA) is 92.6 Å². The van der Waals surface area contributed by atoms with Crippen molar-refractivity contribution in [2.45, 2.75) is 13.0 Å². The van der Waals surface area contributed by atoms with Gasteiger partial charge in [0.05, 0.1) is 23.9 Å². The summed E-state index contributed by atoms with van der Waals surface area (Å²) in [5.41, 5.74) is 2.74. The highest BCUT2D eigenvalue weighted by Gasteiger charge is 2.12. The largest absolute Gasteiger partial charge is 0.492 e. The Bertz CT molecular complexity index is 1360. The molecule has 188 valence electrons. The van der Waals surface area contributed by atoms with Crippen molar-refractivity contribution in [2.75, 3.05) is 11.9 Å². The molecule has 37 heavy (non-hydrogen) atoms. The number of nitrogens with one attached hydrogen (secondary N) is 3. The van der Waals surface area contributed by atoms with Crippen molar-refractivity contribution in [3.63, 3.8) is 0 Å². The summed E-state index contributed by atoms with van der Waals surface area (Å²) in [4.78, 5) is 24.9. The molecular formula is C28H24BrN3O4S. The van der Waals surface area contributed by atoms with E-state index in [1.165, 1.54) is 5.56 Å². The summed E-state index contributed by atoms with van der Waals surface area (Å²) in [5.74, 6) is 0.742. The maximum absolute atomic E-state index is 12.7. The van der Waals surface area contributed by atoms with Gasteiger partial charge in [0, 0.05) is 23.2 Å². The maximum atomic E-state index is 12.7. The van der Waals surface area contributed by atoms with E-state index in [4.69, 9.17) is 21.4 Å². The van der Waals surface area contributed by atoms with Crippen molar-refractivity contribution in [2.24, 2.45) is 0 Å². The average Bonchev–Trinajstić information content (AvgIpc) is 3.43. The number of anilines is 1. The molecule has 3 aromatic carbocycles. The van der Waals surface area contributed by atoms with Gasteiger partial charge in [-0.3, -0.25) is 14.9 Å². The quantitative estimate of drug-likeness (QED) is 0.220. The molecule has 0 unspecified atom stereocenters. The van der Waals surface area contributed by atoms with Crippen LogP contribution in [-0.4, -0.2) is 23.5 Å². The lowest BCUT2D eigenvalue weighted by molar-refractivity contribution is 0.0946. The van der Waals surface area contributed by atoms with Gasteiger partial charge in [0.2, 0.25) is 0 Å². The summed E-state index contributed by atoms with van der Waals surface area (Å²) in [5, 5.41) is 8.53. The lowest BCUT2D eigenvalue weighted by Crippen LogP contribution is -2.34. The Balaban J connectivity index is 1.24. The van der Waals surface area contributed by atoms with E-state index < -0.39 is 0 Å². The fourth-order valence-corrected chi connectivity index (χ4v) is 4.11. The van der Waals surface area contributed by atoms with Gasteiger partial charge in [0.1, 0.15) is 11.5 Å². The number of thiocarbonyl (C=S) groups is 1. The number of carbonyl (C=O) groups is 2. The predicted octanol–water partition coefficient (Wildman–Crippen LogP) is 5.72. The van der Waals surface area contributed by atoms with Crippen LogP contribution in [0.2, 0.25) is 0 Å². The van der Waals surface area contributed by atoms with Gasteiger partial charge in [-0.1, -0.05) is 30.3 Å². The monoisotopic (exact) mass is 577 g/mol. The Morgan fingerprint density at radius 1 is 0.892 bits per heavy atom. The lowest BCUT2D eigenvalue weighted by Gasteiger charge is -2.12. The highest BCUT2D eigenvalue weighted by Crippen LogP contribution is 2.26. The first-order valence-corrected chi connectivity index (χ1v) is 12.7. The highest BCUT2D eigenvalue weighted by atomic mass is 79.9. The molecule has 1 aromatic heterocycles. The van der Waals surface area contributed by atoms with Gasteiger partial charge in [0.15, 0.2) is 5.11 Å². The molecule has 0 aliphatic heterocycles. The Morgan fingerprint density at radius 2 is 1.65 bits per heavy atom. The maximum Gasteiger partial charge on any atom is 0.257 e. The number of rotatable bonds is 9. The number of benzene rings is 3. The van der Waals surface area contributed by atoms with Crippen molar-refractivity contribution < 1.29 is 18.7 Å². The van der Waals surface area contributed by atoms with Crippen LogP contribution >= 0.6 is 28.1 Å². The molecule has 0 bridgehead atoms. The zero-order valence-electron chi connectivity index (χ0n) is 19.7. The van der Waals surface area contributed by atoms with Gasteiger partial charge in [-0.2, -0.15) is 0 Å². The lowest BCUT2D eigenvalue weighted by atomic mass is 10.2. The van der Waals surface area contributed by atoms with E-state index in [0.29, 0.717) is 45.9 Å². The second kappa shape index (κ2) is 12.8. The van der Waals surface area contributed by atoms with E-state index in [2.05, 4.69) is 44.0 Å². The van der Waals surface area contributed by atoms with Gasteiger partial charge in [-0.25, -0.2) is 0 Å². The van der Waals surface area contributed by atoms with Gasteiger partial charge in [-0.15, -0.1) is 0 Å². The summed E-state index contributed by atoms with van der Waals surface area (Å²) in [6.45, 7) is 0.825. The highest BCUT2D eigenvalue weighted by molar-refractivity contribution is 9.10. The molecule has 4 aromatic rings. The smallest absolute Gasteiger partial charge is 0.257 e. The van der Waals surface area contributed by atoms with Crippen molar-refractivity contribution in [1.82, 2.24) is 10.6 Å². The molecule has 0 fully saturated rings. The van der Waals surface area contributed by atoms with Crippen LogP contribution in [-0.2, 0) is 13.0 Å². The van der Waals surface area contributed by atoms with E-state index >= 15 is 0 Å². The Labute approximate surface area is 228 Å². The Hall–Kier alpha value is -3.95. The minimum absolute atomic E-state index is 0.138. The number of halogens is 1. The first kappa shape index (κ1) is 26.1. The minimum atomic E-state index is -0.358. The normalized spacial score (nSPS) is 10.4. The number of furan rings is 1. The molecule has 3 N–H and O–H groups in total. The second-order valence-corrected chi connectivity index (χ2v) is 9.24. The number of ether oxygens (including phenoxy) is 1. The molecule has 7 nitrogen and oxygen atoms in total. The van der Waals surface area contributed by atoms with Crippen molar-refractivity contribution >= 4 is 50.8 Å². The molecule has 0 spiro atoms. The zero-order chi connectivity index (χ0) is 26.0. The molecule has 0 atom stereocenters. The summed E-state index contributed by atoms with van der Waals surface area (Å²) in [6.07, 6.45) is 2.34. The zero-order valence-corrected chi connectivity index (χ0v) is 22.1. The van der Waals surface area contributed by atoms with Crippen LogP contribution in [0.15, 0.2) is 100 Å². The van der Waals surface area contributed by atoms with Crippen molar-refractivity contribution in [1.29, 1.82) is 0 Å². The fourth-order valence-electron chi connectivity index (χ4n) is 3.41. The first-order chi connectivity index (χ1) is 18.0. The fraction of sp³-hybridized carbons (Fsp3) is 0.107. The van der Waals surface area contributed by atoms with Crippen LogP contribution in [0.5, 0.6) is 5.75 Å². The Morgan fingerprint density at radius 3 is 2.35 bits per heavy atom. The van der Waals surface area contributed by atoms with E-state index in [-0.39, 0.29) is 16.9 Å². The van der Waals surface area contributed by atoms with Gasteiger partial charge in [0.25, 0.3) is 11.8 Å². The molecular weight excluding hydrogens is 554 g/mol. The number of amides is 2. The third-order valence-electron chi connectivity index (χ3n) is 5.32. The standard InChI is InChI=1S/C28H24BrN3O4S/c29-24-17-21(10-13-25(24)36-16-14-19-5-2-1-3-6-19)27(34)32-28(37)31-22-11-8-20(9-12-22)26(33)30-18-23-7-4-15-35-23/h1-13,15,17H,14,16,18H2,(H,30,33)(H2,31,32,34,37). The van der Waals surface area contributed by atoms with Gasteiger partial charge < -0.3 is 19.8 Å². The number of carbonyl (C=O) groups excluding carboxylic acids is 2. The van der Waals surface area contributed by atoms with Crippen LogP contribution in [0.3, 0.4) is 0 Å². The van der Waals surface area contributed by atoms with Crippen LogP contribution in [0.25, 0.3) is 0 Å². The van der Waals surface area contributed by atoms with Crippen LogP contribution in [0.1, 0.15) is 32.0 Å². The van der Waals surface area contributed by atoms with Crippen molar-refractivity contribution in [3.8, 4) is 5.75 Å². The third-order valence-corrected chi connectivity index (χ3v) is 6.14. The van der Waals surface area contributed by atoms with Crippen LogP contribution < -0.4 is 20.7 Å². The number of hydrogen-bond donors (Lipinski definition) is 3. The summed E-state index contributed by atoms with van der Waals surface area (Å²) in [7, 11) is 0. The first-order valence-electron chi connectivity index (χ1n) is 11.5. The van der Waals surface area contributed by atoms with Crippen LogP contribution in [0.4, 0.5) is 5.69 Å². The molecule has 0 aliphatic rings. The van der Waals surface area contributed by atoms with E-state index in [9.17, 15) is 9.59 Å². The summed E-state index contributed by atoms with van der Waals surface area (Å²) in [6, 6.07) is 25.5. The van der Waals surface area contributed by atoms with Crippen molar-refractivity contribution in [3.05, 3.63) is 118 Å². The molecule has 1 heterocycles. The van der Waals surface area contributed by atoms with Gasteiger partial charge >= 0.3 is 0 Å².